The second-order valence-electron chi connectivity index (χ2n) is 10.9. The van der Waals surface area contributed by atoms with Gasteiger partial charge < -0.3 is 24.3 Å². The molecule has 0 bridgehead atoms. The van der Waals surface area contributed by atoms with Crippen LogP contribution >= 0.6 is 23.4 Å². The van der Waals surface area contributed by atoms with Crippen LogP contribution in [-0.4, -0.2) is 95.8 Å². The SMILES string of the molecule is CCOc1ccccc1N1CCN(C(=O)CSc2nc(Cl)cc(N3CCN(C(=O)C(C)(C)C)C(C)C3)n2)CC1. The van der Waals surface area contributed by atoms with Crippen molar-refractivity contribution < 1.29 is 14.3 Å². The first-order valence-electron chi connectivity index (χ1n) is 13.5. The molecule has 2 amide bonds. The van der Waals surface area contributed by atoms with E-state index in [1.54, 1.807) is 6.07 Å². The van der Waals surface area contributed by atoms with E-state index in [4.69, 9.17) is 21.3 Å². The third-order valence-electron chi connectivity index (χ3n) is 6.98. The van der Waals surface area contributed by atoms with Crippen LogP contribution in [0.2, 0.25) is 5.15 Å². The smallest absolute Gasteiger partial charge is 0.233 e. The fraction of sp³-hybridized carbons (Fsp3) is 0.571. The van der Waals surface area contributed by atoms with Gasteiger partial charge in [-0.25, -0.2) is 9.97 Å². The van der Waals surface area contributed by atoms with Crippen molar-refractivity contribution >= 4 is 46.7 Å². The zero-order valence-corrected chi connectivity index (χ0v) is 25.1. The van der Waals surface area contributed by atoms with Crippen molar-refractivity contribution in [2.75, 3.05) is 68.0 Å². The Kier molecular flexibility index (Phi) is 9.48. The number of rotatable bonds is 7. The average Bonchev–Trinajstić information content (AvgIpc) is 2.91. The zero-order valence-electron chi connectivity index (χ0n) is 23.5. The summed E-state index contributed by atoms with van der Waals surface area (Å²) < 4.78 is 5.78. The Labute approximate surface area is 240 Å². The number of carbonyl (C=O) groups excluding carboxylic acids is 2. The topological polar surface area (TPSA) is 82.1 Å². The summed E-state index contributed by atoms with van der Waals surface area (Å²) in [6.07, 6.45) is 0. The normalized spacial score (nSPS) is 18.4. The summed E-state index contributed by atoms with van der Waals surface area (Å²) in [5, 5.41) is 0.827. The quantitative estimate of drug-likeness (QED) is 0.278. The number of carbonyl (C=O) groups is 2. The largest absolute Gasteiger partial charge is 0.492 e. The van der Waals surface area contributed by atoms with Crippen LogP contribution in [0.25, 0.3) is 0 Å². The van der Waals surface area contributed by atoms with Gasteiger partial charge in [-0.05, 0) is 26.0 Å². The minimum absolute atomic E-state index is 0.0519. The fourth-order valence-corrected chi connectivity index (χ4v) is 5.90. The van der Waals surface area contributed by atoms with Gasteiger partial charge in [-0.2, -0.15) is 0 Å². The molecule has 0 radical (unpaired) electrons. The molecule has 4 rings (SSSR count). The number of halogens is 1. The molecule has 0 saturated carbocycles. The van der Waals surface area contributed by atoms with Gasteiger partial charge in [0.25, 0.3) is 0 Å². The number of ether oxygens (including phenoxy) is 1. The van der Waals surface area contributed by atoms with Gasteiger partial charge in [0.15, 0.2) is 5.16 Å². The molecule has 0 spiro atoms. The van der Waals surface area contributed by atoms with Crippen molar-refractivity contribution in [3.63, 3.8) is 0 Å². The minimum Gasteiger partial charge on any atom is -0.492 e. The molecule has 2 aromatic rings. The summed E-state index contributed by atoms with van der Waals surface area (Å²) in [5.41, 5.74) is 0.657. The van der Waals surface area contributed by atoms with E-state index in [1.165, 1.54) is 11.8 Å². The Morgan fingerprint density at radius 2 is 1.74 bits per heavy atom. The lowest BCUT2D eigenvalue weighted by molar-refractivity contribution is -0.142. The molecule has 3 heterocycles. The van der Waals surface area contributed by atoms with E-state index in [0.717, 1.165) is 30.3 Å². The Morgan fingerprint density at radius 3 is 2.41 bits per heavy atom. The monoisotopic (exact) mass is 574 g/mol. The van der Waals surface area contributed by atoms with Crippen molar-refractivity contribution in [3.05, 3.63) is 35.5 Å². The number of aromatic nitrogens is 2. The van der Waals surface area contributed by atoms with Gasteiger partial charge in [0.1, 0.15) is 16.7 Å². The molecule has 212 valence electrons. The van der Waals surface area contributed by atoms with E-state index < -0.39 is 5.41 Å². The van der Waals surface area contributed by atoms with Crippen LogP contribution < -0.4 is 14.5 Å². The predicted molar refractivity (Wildman–Crippen MR) is 157 cm³/mol. The number of amides is 2. The number of hydrogen-bond acceptors (Lipinski definition) is 8. The van der Waals surface area contributed by atoms with Crippen molar-refractivity contribution in [1.29, 1.82) is 0 Å². The average molecular weight is 575 g/mol. The van der Waals surface area contributed by atoms with Crippen LogP contribution in [0.4, 0.5) is 11.5 Å². The summed E-state index contributed by atoms with van der Waals surface area (Å²) in [5.74, 6) is 2.07. The van der Waals surface area contributed by atoms with Gasteiger partial charge in [-0.15, -0.1) is 0 Å². The lowest BCUT2D eigenvalue weighted by Crippen LogP contribution is -2.56. The van der Waals surface area contributed by atoms with Crippen LogP contribution in [0.3, 0.4) is 0 Å². The molecule has 39 heavy (non-hydrogen) atoms. The maximum Gasteiger partial charge on any atom is 0.233 e. The van der Waals surface area contributed by atoms with Gasteiger partial charge in [0.05, 0.1) is 18.0 Å². The first-order chi connectivity index (χ1) is 18.6. The molecule has 2 saturated heterocycles. The molecule has 1 aromatic carbocycles. The number of thioether (sulfide) groups is 1. The Hall–Kier alpha value is -2.72. The fourth-order valence-electron chi connectivity index (χ4n) is 4.92. The van der Waals surface area contributed by atoms with E-state index in [0.29, 0.717) is 49.6 Å². The molecule has 1 aromatic heterocycles. The van der Waals surface area contributed by atoms with Crippen LogP contribution in [0, 0.1) is 5.41 Å². The van der Waals surface area contributed by atoms with E-state index in [1.807, 2.05) is 55.7 Å². The molecule has 1 atom stereocenters. The zero-order chi connectivity index (χ0) is 28.2. The van der Waals surface area contributed by atoms with Crippen molar-refractivity contribution in [2.45, 2.75) is 45.8 Å². The summed E-state index contributed by atoms with van der Waals surface area (Å²) in [4.78, 5) is 43.1. The maximum absolute atomic E-state index is 13.0. The van der Waals surface area contributed by atoms with E-state index in [9.17, 15) is 9.59 Å². The second kappa shape index (κ2) is 12.6. The second-order valence-corrected chi connectivity index (χ2v) is 12.3. The lowest BCUT2D eigenvalue weighted by Gasteiger charge is -2.42. The molecule has 11 heteroatoms. The Morgan fingerprint density at radius 1 is 1.05 bits per heavy atom. The number of nitrogens with zero attached hydrogens (tertiary/aromatic N) is 6. The highest BCUT2D eigenvalue weighted by atomic mass is 35.5. The van der Waals surface area contributed by atoms with Gasteiger partial charge in [-0.1, -0.05) is 56.3 Å². The summed E-state index contributed by atoms with van der Waals surface area (Å²) >= 11 is 7.66. The summed E-state index contributed by atoms with van der Waals surface area (Å²) in [6, 6.07) is 9.84. The Bertz CT molecular complexity index is 1170. The molecule has 2 aliphatic rings. The highest BCUT2D eigenvalue weighted by Crippen LogP contribution is 2.30. The van der Waals surface area contributed by atoms with Crippen LogP contribution in [0.5, 0.6) is 5.75 Å². The minimum atomic E-state index is -0.411. The Balaban J connectivity index is 1.31. The van der Waals surface area contributed by atoms with E-state index in [-0.39, 0.29) is 23.6 Å². The van der Waals surface area contributed by atoms with E-state index in [2.05, 4.69) is 27.8 Å². The lowest BCUT2D eigenvalue weighted by atomic mass is 9.93. The summed E-state index contributed by atoms with van der Waals surface area (Å²) in [6.45, 7) is 15.3. The molecule has 1 unspecified atom stereocenters. The predicted octanol–water partition coefficient (Wildman–Crippen LogP) is 4.05. The van der Waals surface area contributed by atoms with Gasteiger partial charge in [0, 0.05) is 63.3 Å². The van der Waals surface area contributed by atoms with Crippen LogP contribution in [-0.2, 0) is 9.59 Å². The van der Waals surface area contributed by atoms with Gasteiger partial charge >= 0.3 is 0 Å². The molecule has 0 N–H and O–H groups in total. The number of hydrogen-bond donors (Lipinski definition) is 0. The maximum atomic E-state index is 13.0. The summed E-state index contributed by atoms with van der Waals surface area (Å²) in [7, 11) is 0. The first-order valence-corrected chi connectivity index (χ1v) is 14.9. The standard InChI is InChI=1S/C28H39ClN6O3S/c1-6-38-22-10-8-7-9-21(22)32-11-13-33(14-12-32)25(36)19-39-27-30-23(29)17-24(31-27)34-15-16-35(20(2)18-34)26(37)28(3,4)5/h7-10,17,20H,6,11-16,18-19H2,1-5H3. The van der Waals surface area contributed by atoms with Crippen molar-refractivity contribution in [3.8, 4) is 5.75 Å². The third-order valence-corrected chi connectivity index (χ3v) is 8.00. The molecule has 2 aliphatic heterocycles. The molecular formula is C28H39ClN6O3S. The van der Waals surface area contributed by atoms with Crippen molar-refractivity contribution in [2.24, 2.45) is 5.41 Å². The third kappa shape index (κ3) is 7.28. The van der Waals surface area contributed by atoms with Gasteiger partial charge in [-0.3, -0.25) is 9.59 Å². The van der Waals surface area contributed by atoms with Crippen LogP contribution in [0.1, 0.15) is 34.6 Å². The highest BCUT2D eigenvalue weighted by Gasteiger charge is 2.34. The van der Waals surface area contributed by atoms with Crippen molar-refractivity contribution in [1.82, 2.24) is 19.8 Å². The number of para-hydroxylation sites is 2. The van der Waals surface area contributed by atoms with E-state index >= 15 is 0 Å². The van der Waals surface area contributed by atoms with Gasteiger partial charge in [0.2, 0.25) is 11.8 Å². The molecule has 0 aliphatic carbocycles. The molecule has 2 fully saturated rings. The number of anilines is 2. The highest BCUT2D eigenvalue weighted by molar-refractivity contribution is 7.99. The molecule has 9 nitrogen and oxygen atoms in total. The number of piperazine rings is 2. The first kappa shape index (κ1) is 29.3. The molecular weight excluding hydrogens is 536 g/mol. The van der Waals surface area contributed by atoms with Crippen LogP contribution in [0.15, 0.2) is 35.5 Å². The number of benzene rings is 1.